The third-order valence-corrected chi connectivity index (χ3v) is 4.70. The van der Waals surface area contributed by atoms with E-state index in [0.29, 0.717) is 18.2 Å². The summed E-state index contributed by atoms with van der Waals surface area (Å²) in [5.74, 6) is -0.0788. The maximum absolute atomic E-state index is 13.1. The Balaban J connectivity index is 1.69. The molecule has 1 aliphatic rings. The largest absolute Gasteiger partial charge is 0.352 e. The Bertz CT molecular complexity index is 615. The SMILES string of the molecule is CC(C)C(C)NC(=O)CN1CCN(CC(=O)Nc2cccc(F)c2)CC1. The molecule has 1 aliphatic heterocycles. The van der Waals surface area contributed by atoms with Crippen molar-refractivity contribution in [1.82, 2.24) is 15.1 Å². The highest BCUT2D eigenvalue weighted by Gasteiger charge is 2.21. The quantitative estimate of drug-likeness (QED) is 0.770. The molecule has 0 bridgehead atoms. The van der Waals surface area contributed by atoms with Crippen LogP contribution in [0.5, 0.6) is 0 Å². The molecular formula is C19H29FN4O2. The number of hydrogen-bond donors (Lipinski definition) is 2. The summed E-state index contributed by atoms with van der Waals surface area (Å²) in [5, 5.41) is 5.72. The van der Waals surface area contributed by atoms with E-state index < -0.39 is 0 Å². The maximum Gasteiger partial charge on any atom is 0.238 e. The van der Waals surface area contributed by atoms with Crippen LogP contribution in [0.1, 0.15) is 20.8 Å². The van der Waals surface area contributed by atoms with Crippen LogP contribution in [-0.2, 0) is 9.59 Å². The molecule has 144 valence electrons. The van der Waals surface area contributed by atoms with Crippen LogP contribution in [0.15, 0.2) is 24.3 Å². The van der Waals surface area contributed by atoms with E-state index in [0.717, 1.165) is 26.2 Å². The second-order valence-corrected chi connectivity index (χ2v) is 7.21. The molecule has 0 radical (unpaired) electrons. The summed E-state index contributed by atoms with van der Waals surface area (Å²) in [6, 6.07) is 6.03. The zero-order chi connectivity index (χ0) is 19.1. The summed E-state index contributed by atoms with van der Waals surface area (Å²) >= 11 is 0. The molecule has 6 nitrogen and oxygen atoms in total. The molecule has 2 rings (SSSR count). The van der Waals surface area contributed by atoms with E-state index in [-0.39, 0.29) is 30.2 Å². The molecule has 1 unspecified atom stereocenters. The van der Waals surface area contributed by atoms with Crippen molar-refractivity contribution >= 4 is 17.5 Å². The number of carbonyl (C=O) groups excluding carboxylic acids is 2. The predicted molar refractivity (Wildman–Crippen MR) is 100 cm³/mol. The number of rotatable bonds is 7. The minimum atomic E-state index is -0.374. The van der Waals surface area contributed by atoms with Crippen molar-refractivity contribution in [2.45, 2.75) is 26.8 Å². The number of nitrogens with one attached hydrogen (secondary N) is 2. The number of nitrogens with zero attached hydrogens (tertiary/aromatic N) is 2. The van der Waals surface area contributed by atoms with Crippen molar-refractivity contribution in [3.05, 3.63) is 30.1 Å². The van der Waals surface area contributed by atoms with E-state index >= 15 is 0 Å². The van der Waals surface area contributed by atoms with Crippen LogP contribution >= 0.6 is 0 Å². The molecule has 0 aromatic heterocycles. The lowest BCUT2D eigenvalue weighted by Gasteiger charge is -2.34. The van der Waals surface area contributed by atoms with Gasteiger partial charge in [-0.3, -0.25) is 19.4 Å². The number of amides is 2. The lowest BCUT2D eigenvalue weighted by molar-refractivity contribution is -0.124. The van der Waals surface area contributed by atoms with Crippen molar-refractivity contribution < 1.29 is 14.0 Å². The fourth-order valence-electron chi connectivity index (χ4n) is 2.74. The molecule has 1 fully saturated rings. The maximum atomic E-state index is 13.1. The molecular weight excluding hydrogens is 335 g/mol. The Hall–Kier alpha value is -1.99. The van der Waals surface area contributed by atoms with Gasteiger partial charge in [-0.2, -0.15) is 0 Å². The number of piperazine rings is 1. The van der Waals surface area contributed by atoms with Gasteiger partial charge in [0.15, 0.2) is 0 Å². The Labute approximate surface area is 154 Å². The number of carbonyl (C=O) groups is 2. The van der Waals surface area contributed by atoms with Gasteiger partial charge in [0.05, 0.1) is 13.1 Å². The average molecular weight is 364 g/mol. The summed E-state index contributed by atoms with van der Waals surface area (Å²) in [6.07, 6.45) is 0. The molecule has 1 heterocycles. The van der Waals surface area contributed by atoms with Gasteiger partial charge >= 0.3 is 0 Å². The van der Waals surface area contributed by atoms with E-state index in [9.17, 15) is 14.0 Å². The first kappa shape index (κ1) is 20.3. The van der Waals surface area contributed by atoms with Gasteiger partial charge in [0.1, 0.15) is 5.82 Å². The Morgan fingerprint density at radius 3 is 2.15 bits per heavy atom. The topological polar surface area (TPSA) is 64.7 Å². The van der Waals surface area contributed by atoms with Crippen LogP contribution in [-0.4, -0.2) is 66.9 Å². The van der Waals surface area contributed by atoms with Gasteiger partial charge in [-0.15, -0.1) is 0 Å². The first-order valence-electron chi connectivity index (χ1n) is 9.13. The lowest BCUT2D eigenvalue weighted by atomic mass is 10.1. The van der Waals surface area contributed by atoms with Gasteiger partial charge in [0.2, 0.25) is 11.8 Å². The minimum Gasteiger partial charge on any atom is -0.352 e. The van der Waals surface area contributed by atoms with Crippen molar-refractivity contribution in [3.63, 3.8) is 0 Å². The first-order chi connectivity index (χ1) is 12.3. The third kappa shape index (κ3) is 6.72. The van der Waals surface area contributed by atoms with Gasteiger partial charge in [-0.1, -0.05) is 19.9 Å². The first-order valence-corrected chi connectivity index (χ1v) is 9.13. The van der Waals surface area contributed by atoms with Crippen molar-refractivity contribution in [1.29, 1.82) is 0 Å². The van der Waals surface area contributed by atoms with Crippen LogP contribution in [0, 0.1) is 11.7 Å². The van der Waals surface area contributed by atoms with Gasteiger partial charge in [0.25, 0.3) is 0 Å². The van der Waals surface area contributed by atoms with Crippen LogP contribution in [0.4, 0.5) is 10.1 Å². The Morgan fingerprint density at radius 2 is 1.62 bits per heavy atom. The van der Waals surface area contributed by atoms with Crippen molar-refractivity contribution in [3.8, 4) is 0 Å². The van der Waals surface area contributed by atoms with Crippen molar-refractivity contribution in [2.75, 3.05) is 44.6 Å². The second-order valence-electron chi connectivity index (χ2n) is 7.21. The minimum absolute atomic E-state index is 0.0449. The molecule has 1 aromatic carbocycles. The number of benzene rings is 1. The van der Waals surface area contributed by atoms with Gasteiger partial charge < -0.3 is 10.6 Å². The molecule has 0 saturated carbocycles. The standard InChI is InChI=1S/C19H29FN4O2/c1-14(2)15(3)21-18(25)12-23-7-9-24(10-8-23)13-19(26)22-17-6-4-5-16(20)11-17/h4-6,11,14-15H,7-10,12-13H2,1-3H3,(H,21,25)(H,22,26). The molecule has 2 amide bonds. The highest BCUT2D eigenvalue weighted by atomic mass is 19.1. The lowest BCUT2D eigenvalue weighted by Crippen LogP contribution is -2.51. The monoisotopic (exact) mass is 364 g/mol. The zero-order valence-electron chi connectivity index (χ0n) is 15.8. The molecule has 1 aromatic rings. The smallest absolute Gasteiger partial charge is 0.238 e. The fraction of sp³-hybridized carbons (Fsp3) is 0.579. The summed E-state index contributed by atoms with van der Waals surface area (Å²) in [6.45, 7) is 9.77. The highest BCUT2D eigenvalue weighted by Crippen LogP contribution is 2.09. The normalized spacial score (nSPS) is 17.1. The van der Waals surface area contributed by atoms with E-state index in [1.807, 2.05) is 11.8 Å². The molecule has 0 spiro atoms. The molecule has 7 heteroatoms. The van der Waals surface area contributed by atoms with E-state index in [4.69, 9.17) is 0 Å². The van der Waals surface area contributed by atoms with E-state index in [1.54, 1.807) is 12.1 Å². The highest BCUT2D eigenvalue weighted by molar-refractivity contribution is 5.92. The van der Waals surface area contributed by atoms with Crippen LogP contribution in [0.25, 0.3) is 0 Å². The second kappa shape index (κ2) is 9.64. The van der Waals surface area contributed by atoms with Gasteiger partial charge in [-0.05, 0) is 31.0 Å². The molecule has 1 saturated heterocycles. The zero-order valence-corrected chi connectivity index (χ0v) is 15.8. The molecule has 1 atom stereocenters. The fourth-order valence-corrected chi connectivity index (χ4v) is 2.74. The third-order valence-electron chi connectivity index (χ3n) is 4.70. The molecule has 0 aliphatic carbocycles. The van der Waals surface area contributed by atoms with Crippen LogP contribution in [0.3, 0.4) is 0 Å². The Morgan fingerprint density at radius 1 is 1.04 bits per heavy atom. The van der Waals surface area contributed by atoms with E-state index in [1.165, 1.54) is 12.1 Å². The molecule has 26 heavy (non-hydrogen) atoms. The number of halogens is 1. The Kier molecular flexibility index (Phi) is 7.53. The number of hydrogen-bond acceptors (Lipinski definition) is 4. The van der Waals surface area contributed by atoms with Gasteiger partial charge in [0, 0.05) is 37.9 Å². The van der Waals surface area contributed by atoms with Crippen molar-refractivity contribution in [2.24, 2.45) is 5.92 Å². The van der Waals surface area contributed by atoms with Crippen LogP contribution in [0.2, 0.25) is 0 Å². The summed E-state index contributed by atoms with van der Waals surface area (Å²) in [5.41, 5.74) is 0.463. The summed E-state index contributed by atoms with van der Waals surface area (Å²) in [7, 11) is 0. The van der Waals surface area contributed by atoms with E-state index in [2.05, 4.69) is 29.4 Å². The van der Waals surface area contributed by atoms with Gasteiger partial charge in [-0.25, -0.2) is 4.39 Å². The summed E-state index contributed by atoms with van der Waals surface area (Å²) in [4.78, 5) is 28.3. The average Bonchev–Trinajstić information content (AvgIpc) is 2.56. The van der Waals surface area contributed by atoms with Crippen LogP contribution < -0.4 is 10.6 Å². The predicted octanol–water partition coefficient (Wildman–Crippen LogP) is 1.54. The summed E-state index contributed by atoms with van der Waals surface area (Å²) < 4.78 is 13.1. The molecule has 2 N–H and O–H groups in total. The number of anilines is 1.